The third kappa shape index (κ3) is 5.61. The summed E-state index contributed by atoms with van der Waals surface area (Å²) in [5.41, 5.74) is 0.587. The molecule has 1 aliphatic rings. The van der Waals surface area contributed by atoms with Gasteiger partial charge >= 0.3 is 0 Å². The Kier molecular flexibility index (Phi) is 8.03. The number of piperidine rings is 1. The Labute approximate surface area is 159 Å². The normalized spacial score (nSPS) is 15.8. The molecule has 0 radical (unpaired) electrons. The van der Waals surface area contributed by atoms with Gasteiger partial charge in [0.25, 0.3) is 5.91 Å². The molecule has 6 heteroatoms. The predicted octanol–water partition coefficient (Wildman–Crippen LogP) is 3.85. The smallest absolute Gasteiger partial charge is 0.251 e. The van der Waals surface area contributed by atoms with E-state index in [1.54, 1.807) is 19.2 Å². The molecule has 1 fully saturated rings. The zero-order chi connectivity index (χ0) is 18.2. The molecule has 1 heterocycles. The maximum atomic E-state index is 12.6. The van der Waals surface area contributed by atoms with E-state index in [1.807, 2.05) is 6.92 Å². The number of hydrogen-bond donors (Lipinski definition) is 1. The van der Waals surface area contributed by atoms with E-state index >= 15 is 0 Å². The maximum Gasteiger partial charge on any atom is 0.251 e. The van der Waals surface area contributed by atoms with Crippen LogP contribution >= 0.6 is 15.9 Å². The van der Waals surface area contributed by atoms with E-state index < -0.39 is 0 Å². The fraction of sp³-hybridized carbons (Fsp3) is 0.632. The van der Waals surface area contributed by atoms with Gasteiger partial charge < -0.3 is 19.7 Å². The summed E-state index contributed by atoms with van der Waals surface area (Å²) in [7, 11) is 1.59. The zero-order valence-corrected chi connectivity index (χ0v) is 17.0. The van der Waals surface area contributed by atoms with Gasteiger partial charge in [0.05, 0.1) is 18.2 Å². The second-order valence-electron chi connectivity index (χ2n) is 6.43. The molecular formula is C19H29BrN2O3. The summed E-state index contributed by atoms with van der Waals surface area (Å²) in [5.74, 6) is 1.16. The number of ether oxygens (including phenoxy) is 2. The molecule has 0 saturated carbocycles. The summed E-state index contributed by atoms with van der Waals surface area (Å²) in [6.45, 7) is 8.10. The SMILES string of the molecule is CCCOc1c(Br)cc(C(=O)NC2CCN(CCC)CC2)cc1OC. The van der Waals surface area contributed by atoms with Gasteiger partial charge in [-0.2, -0.15) is 0 Å². The van der Waals surface area contributed by atoms with E-state index in [-0.39, 0.29) is 11.9 Å². The quantitative estimate of drug-likeness (QED) is 0.704. The average Bonchev–Trinajstić information content (AvgIpc) is 2.62. The first-order valence-corrected chi connectivity index (χ1v) is 9.91. The van der Waals surface area contributed by atoms with Crippen LogP contribution < -0.4 is 14.8 Å². The van der Waals surface area contributed by atoms with E-state index in [2.05, 4.69) is 33.1 Å². The van der Waals surface area contributed by atoms with Crippen molar-refractivity contribution >= 4 is 21.8 Å². The van der Waals surface area contributed by atoms with Crippen molar-refractivity contribution in [1.82, 2.24) is 10.2 Å². The first-order valence-electron chi connectivity index (χ1n) is 9.12. The number of benzene rings is 1. The number of carbonyl (C=O) groups excluding carboxylic acids is 1. The molecule has 0 spiro atoms. The largest absolute Gasteiger partial charge is 0.493 e. The zero-order valence-electron chi connectivity index (χ0n) is 15.4. The molecule has 1 aromatic carbocycles. The molecule has 0 aliphatic carbocycles. The Morgan fingerprint density at radius 3 is 2.60 bits per heavy atom. The molecule has 1 aromatic rings. The third-order valence-corrected chi connectivity index (χ3v) is 4.99. The van der Waals surface area contributed by atoms with Gasteiger partial charge in [0.1, 0.15) is 0 Å². The number of likely N-dealkylation sites (tertiary alicyclic amines) is 1. The minimum atomic E-state index is -0.0602. The number of halogens is 1. The van der Waals surface area contributed by atoms with E-state index in [1.165, 1.54) is 6.42 Å². The summed E-state index contributed by atoms with van der Waals surface area (Å²) >= 11 is 3.50. The molecule has 1 amide bonds. The number of amides is 1. The molecule has 1 aliphatic heterocycles. The number of nitrogens with zero attached hydrogens (tertiary/aromatic N) is 1. The molecule has 0 aromatic heterocycles. The fourth-order valence-electron chi connectivity index (χ4n) is 3.08. The highest BCUT2D eigenvalue weighted by molar-refractivity contribution is 9.10. The number of nitrogens with one attached hydrogen (secondary N) is 1. The summed E-state index contributed by atoms with van der Waals surface area (Å²) in [6, 6.07) is 3.79. The molecule has 0 atom stereocenters. The first-order chi connectivity index (χ1) is 12.1. The van der Waals surface area contributed by atoms with Crippen molar-refractivity contribution in [2.24, 2.45) is 0 Å². The predicted molar refractivity (Wildman–Crippen MR) is 104 cm³/mol. The molecule has 5 nitrogen and oxygen atoms in total. The standard InChI is InChI=1S/C19H29BrN2O3/c1-4-8-22-9-6-15(7-10-22)21-19(23)14-12-16(20)18(25-11-5-2)17(13-14)24-3/h12-13,15H,4-11H2,1-3H3,(H,21,23). The van der Waals surface area contributed by atoms with Crippen molar-refractivity contribution in [2.45, 2.75) is 45.6 Å². The van der Waals surface area contributed by atoms with Crippen LogP contribution in [0.5, 0.6) is 11.5 Å². The lowest BCUT2D eigenvalue weighted by molar-refractivity contribution is 0.0910. The second-order valence-corrected chi connectivity index (χ2v) is 7.28. The number of rotatable bonds is 8. The van der Waals surface area contributed by atoms with Crippen LogP contribution in [0, 0.1) is 0 Å². The van der Waals surface area contributed by atoms with Crippen LogP contribution in [-0.2, 0) is 0 Å². The molecule has 1 saturated heterocycles. The topological polar surface area (TPSA) is 50.8 Å². The van der Waals surface area contributed by atoms with Gasteiger partial charge in [-0.05, 0) is 60.3 Å². The Bertz CT molecular complexity index is 572. The fourth-order valence-corrected chi connectivity index (χ4v) is 3.64. The monoisotopic (exact) mass is 412 g/mol. The minimum Gasteiger partial charge on any atom is -0.493 e. The van der Waals surface area contributed by atoms with Crippen LogP contribution in [0.1, 0.15) is 49.9 Å². The van der Waals surface area contributed by atoms with Crippen LogP contribution in [0.3, 0.4) is 0 Å². The molecule has 25 heavy (non-hydrogen) atoms. The van der Waals surface area contributed by atoms with E-state index in [9.17, 15) is 4.79 Å². The van der Waals surface area contributed by atoms with Gasteiger partial charge in [0.2, 0.25) is 0 Å². The van der Waals surface area contributed by atoms with Crippen LogP contribution in [0.15, 0.2) is 16.6 Å². The molecule has 0 bridgehead atoms. The number of carbonyl (C=O) groups is 1. The van der Waals surface area contributed by atoms with Crippen molar-refractivity contribution in [3.8, 4) is 11.5 Å². The maximum absolute atomic E-state index is 12.6. The summed E-state index contributed by atoms with van der Waals surface area (Å²) in [6.07, 6.45) is 4.09. The van der Waals surface area contributed by atoms with Crippen molar-refractivity contribution < 1.29 is 14.3 Å². The van der Waals surface area contributed by atoms with Crippen LogP contribution in [-0.4, -0.2) is 50.2 Å². The molecule has 0 unspecified atom stereocenters. The lowest BCUT2D eigenvalue weighted by Crippen LogP contribution is -2.44. The summed E-state index contributed by atoms with van der Waals surface area (Å²) in [4.78, 5) is 15.1. The summed E-state index contributed by atoms with van der Waals surface area (Å²) < 4.78 is 11.9. The summed E-state index contributed by atoms with van der Waals surface area (Å²) in [5, 5.41) is 3.16. The highest BCUT2D eigenvalue weighted by atomic mass is 79.9. The van der Waals surface area contributed by atoms with E-state index in [0.717, 1.165) is 43.4 Å². The molecule has 2 rings (SSSR count). The van der Waals surface area contributed by atoms with Crippen molar-refractivity contribution in [1.29, 1.82) is 0 Å². The van der Waals surface area contributed by atoms with Crippen molar-refractivity contribution in [2.75, 3.05) is 33.4 Å². The van der Waals surface area contributed by atoms with Crippen molar-refractivity contribution in [3.63, 3.8) is 0 Å². The van der Waals surface area contributed by atoms with E-state index in [4.69, 9.17) is 9.47 Å². The van der Waals surface area contributed by atoms with Crippen LogP contribution in [0.2, 0.25) is 0 Å². The Morgan fingerprint density at radius 2 is 2.00 bits per heavy atom. The van der Waals surface area contributed by atoms with Gasteiger partial charge in [-0.25, -0.2) is 0 Å². The highest BCUT2D eigenvalue weighted by Gasteiger charge is 2.22. The molecule has 140 valence electrons. The van der Waals surface area contributed by atoms with Gasteiger partial charge in [0, 0.05) is 24.7 Å². The van der Waals surface area contributed by atoms with Crippen molar-refractivity contribution in [3.05, 3.63) is 22.2 Å². The molecule has 1 N–H and O–H groups in total. The number of methoxy groups -OCH3 is 1. The van der Waals surface area contributed by atoms with Gasteiger partial charge in [-0.1, -0.05) is 13.8 Å². The number of hydrogen-bond acceptors (Lipinski definition) is 4. The first kappa shape index (κ1) is 20.0. The Hall–Kier alpha value is -1.27. The van der Waals surface area contributed by atoms with Gasteiger partial charge in [-0.15, -0.1) is 0 Å². The minimum absolute atomic E-state index is 0.0602. The lowest BCUT2D eigenvalue weighted by atomic mass is 10.0. The van der Waals surface area contributed by atoms with Gasteiger partial charge in [-0.3, -0.25) is 4.79 Å². The third-order valence-electron chi connectivity index (χ3n) is 4.40. The molecular weight excluding hydrogens is 384 g/mol. The van der Waals surface area contributed by atoms with E-state index in [0.29, 0.717) is 23.7 Å². The highest BCUT2D eigenvalue weighted by Crippen LogP contribution is 2.36. The van der Waals surface area contributed by atoms with Gasteiger partial charge in [0.15, 0.2) is 11.5 Å². The second kappa shape index (κ2) is 10.0. The average molecular weight is 413 g/mol. The van der Waals surface area contributed by atoms with Crippen LogP contribution in [0.25, 0.3) is 0 Å². The van der Waals surface area contributed by atoms with Crippen LogP contribution in [0.4, 0.5) is 0 Å². The Balaban J connectivity index is 2.01. The lowest BCUT2D eigenvalue weighted by Gasteiger charge is -2.32. The Morgan fingerprint density at radius 1 is 1.28 bits per heavy atom.